The molecule has 2 heteroatoms. The second-order valence-corrected chi connectivity index (χ2v) is 6.43. The van der Waals surface area contributed by atoms with Gasteiger partial charge < -0.3 is 4.74 Å². The van der Waals surface area contributed by atoms with E-state index in [1.807, 2.05) is 24.3 Å². The van der Waals surface area contributed by atoms with Crippen molar-refractivity contribution < 1.29 is 4.74 Å². The third-order valence-electron chi connectivity index (χ3n) is 3.02. The van der Waals surface area contributed by atoms with Gasteiger partial charge in [0.2, 0.25) is 0 Å². The molecule has 0 N–H and O–H groups in total. The van der Waals surface area contributed by atoms with Crippen LogP contribution in [0.2, 0.25) is 0 Å². The summed E-state index contributed by atoms with van der Waals surface area (Å²) in [6.45, 7) is 6.64. The van der Waals surface area contributed by atoms with Crippen molar-refractivity contribution in [2.45, 2.75) is 31.1 Å². The zero-order valence-corrected chi connectivity index (χ0v) is 12.8. The smallest absolute Gasteiger partial charge is 0.127 e. The van der Waals surface area contributed by atoms with Crippen molar-refractivity contribution in [1.29, 1.82) is 0 Å². The summed E-state index contributed by atoms with van der Waals surface area (Å²) in [4.78, 5) is 1.25. The van der Waals surface area contributed by atoms with E-state index < -0.39 is 0 Å². The third-order valence-corrected chi connectivity index (χ3v) is 3.76. The van der Waals surface area contributed by atoms with Crippen LogP contribution in [0.4, 0.5) is 0 Å². The van der Waals surface area contributed by atoms with E-state index in [-0.39, 0.29) is 5.41 Å². The van der Waals surface area contributed by atoms with Crippen LogP contribution in [0, 0.1) is 0 Å². The van der Waals surface area contributed by atoms with E-state index in [1.165, 1.54) is 10.5 Å². The maximum Gasteiger partial charge on any atom is 0.127 e. The third kappa shape index (κ3) is 3.77. The Balaban J connectivity index is 2.10. The van der Waals surface area contributed by atoms with E-state index in [2.05, 4.69) is 51.3 Å². The lowest BCUT2D eigenvalue weighted by Crippen LogP contribution is -2.10. The van der Waals surface area contributed by atoms with Crippen LogP contribution in [-0.4, -0.2) is 6.26 Å². The molecule has 0 atom stereocenters. The lowest BCUT2D eigenvalue weighted by atomic mass is 9.87. The van der Waals surface area contributed by atoms with Crippen molar-refractivity contribution in [3.8, 4) is 11.5 Å². The maximum atomic E-state index is 5.84. The van der Waals surface area contributed by atoms with Gasteiger partial charge in [0.15, 0.2) is 0 Å². The first kappa shape index (κ1) is 14.0. The van der Waals surface area contributed by atoms with Crippen molar-refractivity contribution in [2.75, 3.05) is 6.26 Å². The van der Waals surface area contributed by atoms with Gasteiger partial charge in [0.1, 0.15) is 11.5 Å². The van der Waals surface area contributed by atoms with Crippen molar-refractivity contribution in [3.05, 3.63) is 54.1 Å². The fourth-order valence-electron chi connectivity index (χ4n) is 1.80. The Hall–Kier alpha value is -1.41. The van der Waals surface area contributed by atoms with Gasteiger partial charge in [-0.15, -0.1) is 11.8 Å². The summed E-state index contributed by atoms with van der Waals surface area (Å²) in [5.74, 6) is 1.76. The Kier molecular flexibility index (Phi) is 4.20. The van der Waals surface area contributed by atoms with Gasteiger partial charge in [0.05, 0.1) is 0 Å². The molecule has 0 saturated carbocycles. The lowest BCUT2D eigenvalue weighted by Gasteiger charge is -2.19. The molecule has 0 spiro atoms. The molecule has 100 valence electrons. The van der Waals surface area contributed by atoms with Crippen LogP contribution >= 0.6 is 11.8 Å². The van der Waals surface area contributed by atoms with Gasteiger partial charge in [0, 0.05) is 4.90 Å². The van der Waals surface area contributed by atoms with E-state index in [1.54, 1.807) is 11.8 Å². The molecule has 0 aliphatic heterocycles. The zero-order chi connectivity index (χ0) is 13.9. The van der Waals surface area contributed by atoms with Crippen molar-refractivity contribution in [1.82, 2.24) is 0 Å². The molecule has 2 rings (SSSR count). The van der Waals surface area contributed by atoms with Gasteiger partial charge in [-0.25, -0.2) is 0 Å². The number of benzene rings is 2. The quantitative estimate of drug-likeness (QED) is 0.682. The summed E-state index contributed by atoms with van der Waals surface area (Å²) in [6.07, 6.45) is 2.07. The second kappa shape index (κ2) is 5.70. The molecule has 2 aromatic carbocycles. The second-order valence-electron chi connectivity index (χ2n) is 5.55. The van der Waals surface area contributed by atoms with Gasteiger partial charge in [-0.05, 0) is 53.6 Å². The molecule has 0 aliphatic rings. The minimum Gasteiger partial charge on any atom is -0.457 e. The van der Waals surface area contributed by atoms with Crippen molar-refractivity contribution in [3.63, 3.8) is 0 Å². The fraction of sp³-hybridized carbons (Fsp3) is 0.294. The number of hydrogen-bond acceptors (Lipinski definition) is 2. The van der Waals surface area contributed by atoms with E-state index >= 15 is 0 Å². The van der Waals surface area contributed by atoms with Crippen LogP contribution in [0.15, 0.2) is 53.4 Å². The van der Waals surface area contributed by atoms with E-state index in [9.17, 15) is 0 Å². The molecule has 0 bridgehead atoms. The summed E-state index contributed by atoms with van der Waals surface area (Å²) < 4.78 is 5.84. The van der Waals surface area contributed by atoms with E-state index in [0.717, 1.165) is 11.5 Å². The van der Waals surface area contributed by atoms with Crippen LogP contribution in [0.5, 0.6) is 11.5 Å². The molecule has 1 nitrogen and oxygen atoms in total. The number of hydrogen-bond donors (Lipinski definition) is 0. The summed E-state index contributed by atoms with van der Waals surface area (Å²) >= 11 is 1.73. The molecular formula is C17H20OS. The largest absolute Gasteiger partial charge is 0.457 e. The number of thioether (sulfide) groups is 1. The molecule has 0 radical (unpaired) electrons. The standard InChI is InChI=1S/C17H20OS/c1-17(2,3)13-5-7-14(8-6-13)18-15-9-11-16(19-4)12-10-15/h5-12H,1-4H3. The van der Waals surface area contributed by atoms with Gasteiger partial charge in [-0.1, -0.05) is 32.9 Å². The Bertz CT molecular complexity index is 521. The molecule has 0 fully saturated rings. The minimum absolute atomic E-state index is 0.179. The molecule has 0 saturated heterocycles. The zero-order valence-electron chi connectivity index (χ0n) is 11.9. The molecule has 0 unspecified atom stereocenters. The first-order valence-electron chi connectivity index (χ1n) is 6.41. The summed E-state index contributed by atoms with van der Waals surface area (Å²) in [5.41, 5.74) is 1.50. The predicted octanol–water partition coefficient (Wildman–Crippen LogP) is 5.50. The Morgan fingerprint density at radius 2 is 1.26 bits per heavy atom. The van der Waals surface area contributed by atoms with Crippen LogP contribution in [0.1, 0.15) is 26.3 Å². The Morgan fingerprint density at radius 3 is 1.68 bits per heavy atom. The first-order valence-corrected chi connectivity index (χ1v) is 7.64. The molecular weight excluding hydrogens is 252 g/mol. The van der Waals surface area contributed by atoms with Crippen LogP contribution in [-0.2, 0) is 5.41 Å². The average molecular weight is 272 g/mol. The van der Waals surface area contributed by atoms with Crippen LogP contribution in [0.25, 0.3) is 0 Å². The predicted molar refractivity (Wildman–Crippen MR) is 83.4 cm³/mol. The van der Waals surface area contributed by atoms with E-state index in [4.69, 9.17) is 4.74 Å². The van der Waals surface area contributed by atoms with Gasteiger partial charge in [0.25, 0.3) is 0 Å². The Labute approximate surface area is 120 Å². The van der Waals surface area contributed by atoms with E-state index in [0.29, 0.717) is 0 Å². The first-order chi connectivity index (χ1) is 8.99. The van der Waals surface area contributed by atoms with Crippen LogP contribution in [0.3, 0.4) is 0 Å². The number of ether oxygens (including phenoxy) is 1. The molecule has 2 aromatic rings. The molecule has 0 aromatic heterocycles. The maximum absolute atomic E-state index is 5.84. The van der Waals surface area contributed by atoms with Gasteiger partial charge in [-0.3, -0.25) is 0 Å². The highest BCUT2D eigenvalue weighted by molar-refractivity contribution is 7.98. The topological polar surface area (TPSA) is 9.23 Å². The summed E-state index contributed by atoms with van der Waals surface area (Å²) in [6, 6.07) is 16.5. The highest BCUT2D eigenvalue weighted by Crippen LogP contribution is 2.27. The molecule has 19 heavy (non-hydrogen) atoms. The van der Waals surface area contributed by atoms with Gasteiger partial charge in [-0.2, -0.15) is 0 Å². The SMILES string of the molecule is CSc1ccc(Oc2ccc(C(C)(C)C)cc2)cc1. The van der Waals surface area contributed by atoms with Crippen molar-refractivity contribution in [2.24, 2.45) is 0 Å². The highest BCUT2D eigenvalue weighted by Gasteiger charge is 2.12. The Morgan fingerprint density at radius 1 is 0.789 bits per heavy atom. The number of rotatable bonds is 3. The monoisotopic (exact) mass is 272 g/mol. The van der Waals surface area contributed by atoms with Crippen molar-refractivity contribution >= 4 is 11.8 Å². The summed E-state index contributed by atoms with van der Waals surface area (Å²) in [7, 11) is 0. The molecule has 0 aliphatic carbocycles. The van der Waals surface area contributed by atoms with Crippen LogP contribution < -0.4 is 4.74 Å². The highest BCUT2D eigenvalue weighted by atomic mass is 32.2. The lowest BCUT2D eigenvalue weighted by molar-refractivity contribution is 0.481. The minimum atomic E-state index is 0.179. The summed E-state index contributed by atoms with van der Waals surface area (Å²) in [5, 5.41) is 0. The normalized spacial score (nSPS) is 11.4. The molecule has 0 amide bonds. The fourth-order valence-corrected chi connectivity index (χ4v) is 2.21. The average Bonchev–Trinajstić information content (AvgIpc) is 2.39. The van der Waals surface area contributed by atoms with Gasteiger partial charge >= 0.3 is 0 Å². The molecule has 0 heterocycles.